The summed E-state index contributed by atoms with van der Waals surface area (Å²) in [7, 11) is 1.79. The maximum absolute atomic E-state index is 5.92. The Bertz CT molecular complexity index is 1220. The number of hydrogen-bond donors (Lipinski definition) is 0. The van der Waals surface area contributed by atoms with Gasteiger partial charge in [0.25, 0.3) is 0 Å². The van der Waals surface area contributed by atoms with E-state index in [0.717, 1.165) is 11.1 Å². The van der Waals surface area contributed by atoms with E-state index < -0.39 is 0 Å². The van der Waals surface area contributed by atoms with Crippen LogP contribution in [0.3, 0.4) is 0 Å². The van der Waals surface area contributed by atoms with E-state index in [1.165, 1.54) is 4.52 Å². The van der Waals surface area contributed by atoms with E-state index in [2.05, 4.69) is 30.8 Å². The molecule has 0 fully saturated rings. The zero-order valence-corrected chi connectivity index (χ0v) is 14.7. The average Bonchev–Trinajstić information content (AvgIpc) is 3.31. The zero-order chi connectivity index (χ0) is 18.4. The van der Waals surface area contributed by atoms with Crippen molar-refractivity contribution >= 4 is 22.8 Å². The standard InChI is InChI=1S/C16H11ClN8O2/c1-24-7-10(18-23-24)8-26-16-11(9-3-2-4-9)5-14-19-20-15(25(14)21-16)12-6-13(17)27-22-12/h2-7H,8H2,1H3. The summed E-state index contributed by atoms with van der Waals surface area (Å²) in [5, 5.41) is 24.8. The lowest BCUT2D eigenvalue weighted by Gasteiger charge is -2.13. The van der Waals surface area contributed by atoms with Gasteiger partial charge < -0.3 is 9.26 Å². The highest BCUT2D eigenvalue weighted by molar-refractivity contribution is 6.29. The van der Waals surface area contributed by atoms with Crippen LogP contribution in [0.5, 0.6) is 5.88 Å². The first kappa shape index (κ1) is 15.7. The predicted octanol–water partition coefficient (Wildman–Crippen LogP) is 2.09. The second-order valence-corrected chi connectivity index (χ2v) is 6.20. The molecule has 4 aromatic rings. The normalized spacial score (nSPS) is 13.0. The molecule has 4 aromatic heterocycles. The summed E-state index contributed by atoms with van der Waals surface area (Å²) in [4.78, 5) is 0. The molecule has 1 aliphatic carbocycles. The molecule has 27 heavy (non-hydrogen) atoms. The third kappa shape index (κ3) is 2.75. The number of halogens is 1. The van der Waals surface area contributed by atoms with Gasteiger partial charge in [-0.15, -0.1) is 20.4 Å². The van der Waals surface area contributed by atoms with Crippen LogP contribution in [0.15, 0.2) is 41.1 Å². The van der Waals surface area contributed by atoms with Crippen LogP contribution in [0.1, 0.15) is 11.3 Å². The van der Waals surface area contributed by atoms with Crippen molar-refractivity contribution in [3.63, 3.8) is 0 Å². The third-order valence-corrected chi connectivity index (χ3v) is 4.12. The SMILES string of the molecule is Cn1cc(COc2nn3c(-c4cc(Cl)on4)nnc3cc2C2=CC=C2)nn1. The molecule has 0 bridgehead atoms. The Balaban J connectivity index is 1.57. The Morgan fingerprint density at radius 3 is 2.78 bits per heavy atom. The third-order valence-electron chi connectivity index (χ3n) is 3.94. The van der Waals surface area contributed by atoms with Crippen LogP contribution in [0, 0.1) is 0 Å². The lowest BCUT2D eigenvalue weighted by atomic mass is 10.0. The molecule has 10 nitrogen and oxygen atoms in total. The van der Waals surface area contributed by atoms with Crippen LogP contribution in [0.25, 0.3) is 22.7 Å². The van der Waals surface area contributed by atoms with Gasteiger partial charge in [0.2, 0.25) is 16.9 Å². The van der Waals surface area contributed by atoms with E-state index in [4.69, 9.17) is 20.9 Å². The largest absolute Gasteiger partial charge is 0.470 e. The van der Waals surface area contributed by atoms with Gasteiger partial charge in [0.15, 0.2) is 11.3 Å². The molecule has 1 aliphatic rings. The Labute approximate surface area is 156 Å². The van der Waals surface area contributed by atoms with Crippen molar-refractivity contribution in [1.29, 1.82) is 0 Å². The molecular weight excluding hydrogens is 372 g/mol. The lowest BCUT2D eigenvalue weighted by Crippen LogP contribution is -2.06. The maximum atomic E-state index is 5.92. The molecule has 134 valence electrons. The summed E-state index contributed by atoms with van der Waals surface area (Å²) >= 11 is 5.81. The van der Waals surface area contributed by atoms with Gasteiger partial charge in [-0.1, -0.05) is 28.6 Å². The second kappa shape index (κ2) is 6.02. The van der Waals surface area contributed by atoms with Gasteiger partial charge in [0.1, 0.15) is 12.3 Å². The highest BCUT2D eigenvalue weighted by Crippen LogP contribution is 2.31. The fraction of sp³-hybridized carbons (Fsp3) is 0.125. The van der Waals surface area contributed by atoms with E-state index in [1.54, 1.807) is 24.0 Å². The molecule has 0 unspecified atom stereocenters. The number of aryl methyl sites for hydroxylation is 1. The topological polar surface area (TPSA) is 109 Å². The monoisotopic (exact) mass is 382 g/mol. The van der Waals surface area contributed by atoms with Crippen molar-refractivity contribution in [3.8, 4) is 17.4 Å². The number of ether oxygens (including phenoxy) is 1. The van der Waals surface area contributed by atoms with Crippen molar-refractivity contribution in [2.24, 2.45) is 7.05 Å². The van der Waals surface area contributed by atoms with Gasteiger partial charge in [-0.05, 0) is 23.2 Å². The highest BCUT2D eigenvalue weighted by Gasteiger charge is 2.19. The molecule has 0 radical (unpaired) electrons. The minimum absolute atomic E-state index is 0.155. The van der Waals surface area contributed by atoms with Crippen molar-refractivity contribution in [3.05, 3.63) is 53.0 Å². The van der Waals surface area contributed by atoms with Gasteiger partial charge in [0, 0.05) is 18.7 Å². The van der Waals surface area contributed by atoms with Crippen LogP contribution in [-0.4, -0.2) is 40.0 Å². The minimum Gasteiger partial charge on any atom is -0.470 e. The van der Waals surface area contributed by atoms with E-state index in [-0.39, 0.29) is 11.8 Å². The zero-order valence-electron chi connectivity index (χ0n) is 13.9. The molecule has 0 aliphatic heterocycles. The van der Waals surface area contributed by atoms with Gasteiger partial charge in [0.05, 0.1) is 6.20 Å². The fourth-order valence-electron chi connectivity index (χ4n) is 2.62. The fourth-order valence-corrected chi connectivity index (χ4v) is 2.76. The number of hydrogen-bond acceptors (Lipinski definition) is 8. The average molecular weight is 383 g/mol. The molecule has 0 N–H and O–H groups in total. The van der Waals surface area contributed by atoms with E-state index >= 15 is 0 Å². The molecule has 5 rings (SSSR count). The Kier molecular flexibility index (Phi) is 3.50. The van der Waals surface area contributed by atoms with E-state index in [9.17, 15) is 0 Å². The van der Waals surface area contributed by atoms with Crippen LogP contribution in [0.2, 0.25) is 5.22 Å². The summed E-state index contributed by atoms with van der Waals surface area (Å²) in [5.74, 6) is 0.814. The lowest BCUT2D eigenvalue weighted by molar-refractivity contribution is 0.283. The van der Waals surface area contributed by atoms with Crippen molar-refractivity contribution in [1.82, 2.24) is 40.0 Å². The second-order valence-electron chi connectivity index (χ2n) is 5.83. The first-order valence-corrected chi connectivity index (χ1v) is 8.31. The molecule has 0 spiro atoms. The molecule has 0 atom stereocenters. The van der Waals surface area contributed by atoms with Crippen LogP contribution >= 0.6 is 11.6 Å². The van der Waals surface area contributed by atoms with E-state index in [0.29, 0.717) is 28.7 Å². The Hall–Kier alpha value is -3.53. The van der Waals surface area contributed by atoms with Gasteiger partial charge >= 0.3 is 0 Å². The summed E-state index contributed by atoms with van der Waals surface area (Å²) < 4.78 is 14.0. The Morgan fingerprint density at radius 1 is 1.22 bits per heavy atom. The summed E-state index contributed by atoms with van der Waals surface area (Å²) in [6.07, 6.45) is 7.66. The van der Waals surface area contributed by atoms with Crippen LogP contribution < -0.4 is 4.74 Å². The van der Waals surface area contributed by atoms with Crippen molar-refractivity contribution < 1.29 is 9.26 Å². The summed E-state index contributed by atoms with van der Waals surface area (Å²) in [5.41, 5.74) is 3.47. The molecule has 0 saturated heterocycles. The number of fused-ring (bicyclic) bond motifs is 1. The first-order valence-electron chi connectivity index (χ1n) is 7.93. The number of nitrogens with zero attached hydrogens (tertiary/aromatic N) is 8. The summed E-state index contributed by atoms with van der Waals surface area (Å²) in [6, 6.07) is 3.40. The first-order chi connectivity index (χ1) is 13.2. The minimum atomic E-state index is 0.155. The summed E-state index contributed by atoms with van der Waals surface area (Å²) in [6.45, 7) is 0.226. The molecule has 11 heteroatoms. The Morgan fingerprint density at radius 2 is 2.11 bits per heavy atom. The number of rotatable bonds is 5. The van der Waals surface area contributed by atoms with E-state index in [1.807, 2.05) is 24.3 Å². The molecule has 0 aromatic carbocycles. The molecule has 4 heterocycles. The molecule has 0 saturated carbocycles. The van der Waals surface area contributed by atoms with Crippen molar-refractivity contribution in [2.75, 3.05) is 0 Å². The van der Waals surface area contributed by atoms with Crippen LogP contribution in [0.4, 0.5) is 0 Å². The number of allylic oxidation sites excluding steroid dienone is 4. The molecule has 0 amide bonds. The maximum Gasteiger partial charge on any atom is 0.240 e. The molecular formula is C16H11ClN8O2. The predicted molar refractivity (Wildman–Crippen MR) is 93.7 cm³/mol. The van der Waals surface area contributed by atoms with Gasteiger partial charge in [-0.2, -0.15) is 4.52 Å². The van der Waals surface area contributed by atoms with Gasteiger partial charge in [-0.25, -0.2) is 0 Å². The van der Waals surface area contributed by atoms with Crippen molar-refractivity contribution in [2.45, 2.75) is 6.61 Å². The smallest absolute Gasteiger partial charge is 0.240 e. The van der Waals surface area contributed by atoms with Crippen LogP contribution in [-0.2, 0) is 13.7 Å². The van der Waals surface area contributed by atoms with Gasteiger partial charge in [-0.3, -0.25) is 4.68 Å². The highest BCUT2D eigenvalue weighted by atomic mass is 35.5. The quantitative estimate of drug-likeness (QED) is 0.516. The number of aromatic nitrogens is 8.